The molecule has 1 aliphatic heterocycles. The van der Waals surface area contributed by atoms with Crippen LogP contribution < -0.4 is 4.74 Å². The SMILES string of the molecule is COc1ccc2c3c(cccc13)C(=O)N(CCBr)C2=O. The van der Waals surface area contributed by atoms with Gasteiger partial charge in [0.05, 0.1) is 7.11 Å². The smallest absolute Gasteiger partial charge is 0.261 e. The highest BCUT2D eigenvalue weighted by molar-refractivity contribution is 9.09. The molecule has 0 saturated heterocycles. The Labute approximate surface area is 124 Å². The number of imide groups is 1. The van der Waals surface area contributed by atoms with Crippen LogP contribution in [0.15, 0.2) is 30.3 Å². The topological polar surface area (TPSA) is 46.6 Å². The van der Waals surface area contributed by atoms with Crippen molar-refractivity contribution in [2.24, 2.45) is 0 Å². The molecule has 2 aromatic rings. The van der Waals surface area contributed by atoms with Gasteiger partial charge in [-0.25, -0.2) is 0 Å². The number of nitrogens with zero attached hydrogens (tertiary/aromatic N) is 1. The number of carbonyl (C=O) groups excluding carboxylic acids is 2. The van der Waals surface area contributed by atoms with Crippen molar-refractivity contribution in [2.75, 3.05) is 19.0 Å². The number of ether oxygens (including phenoxy) is 1. The van der Waals surface area contributed by atoms with E-state index in [9.17, 15) is 9.59 Å². The molecule has 102 valence electrons. The van der Waals surface area contributed by atoms with E-state index >= 15 is 0 Å². The first-order valence-corrected chi connectivity index (χ1v) is 7.33. The van der Waals surface area contributed by atoms with Gasteiger partial charge in [0, 0.05) is 33.8 Å². The van der Waals surface area contributed by atoms with E-state index in [1.807, 2.05) is 12.1 Å². The second-order valence-corrected chi connectivity index (χ2v) is 5.29. The molecule has 20 heavy (non-hydrogen) atoms. The van der Waals surface area contributed by atoms with Crippen LogP contribution in [-0.2, 0) is 0 Å². The van der Waals surface area contributed by atoms with Gasteiger partial charge in [0.15, 0.2) is 0 Å². The molecule has 3 rings (SSSR count). The summed E-state index contributed by atoms with van der Waals surface area (Å²) < 4.78 is 5.31. The first-order valence-electron chi connectivity index (χ1n) is 6.21. The van der Waals surface area contributed by atoms with Gasteiger partial charge in [-0.05, 0) is 18.2 Å². The molecule has 4 nitrogen and oxygen atoms in total. The third-order valence-corrected chi connectivity index (χ3v) is 3.83. The third-order valence-electron chi connectivity index (χ3n) is 3.48. The molecular weight excluding hydrogens is 322 g/mol. The molecule has 2 aromatic carbocycles. The van der Waals surface area contributed by atoms with E-state index in [0.717, 1.165) is 5.39 Å². The summed E-state index contributed by atoms with van der Waals surface area (Å²) in [6.45, 7) is 0.361. The van der Waals surface area contributed by atoms with Crippen molar-refractivity contribution >= 4 is 38.5 Å². The van der Waals surface area contributed by atoms with Crippen LogP contribution in [0.4, 0.5) is 0 Å². The largest absolute Gasteiger partial charge is 0.496 e. The lowest BCUT2D eigenvalue weighted by Crippen LogP contribution is -2.41. The summed E-state index contributed by atoms with van der Waals surface area (Å²) in [6.07, 6.45) is 0. The number of methoxy groups -OCH3 is 1. The average molecular weight is 334 g/mol. The van der Waals surface area contributed by atoms with Crippen molar-refractivity contribution in [2.45, 2.75) is 0 Å². The van der Waals surface area contributed by atoms with E-state index in [1.54, 1.807) is 25.3 Å². The number of alkyl halides is 1. The summed E-state index contributed by atoms with van der Waals surface area (Å²) in [5.41, 5.74) is 1.11. The Morgan fingerprint density at radius 1 is 1.10 bits per heavy atom. The standard InChI is InChI=1S/C15H12BrNO3/c1-20-12-6-5-11-13-9(12)3-2-4-10(13)14(18)17(8-7-16)15(11)19/h2-6H,7-8H2,1H3. The van der Waals surface area contributed by atoms with Crippen LogP contribution in [0.1, 0.15) is 20.7 Å². The Hall–Kier alpha value is -1.88. The molecule has 0 spiro atoms. The van der Waals surface area contributed by atoms with Crippen LogP contribution >= 0.6 is 15.9 Å². The first kappa shape index (κ1) is 13.1. The lowest BCUT2D eigenvalue weighted by Gasteiger charge is -2.27. The highest BCUT2D eigenvalue weighted by Crippen LogP contribution is 2.35. The van der Waals surface area contributed by atoms with Gasteiger partial charge in [0.25, 0.3) is 11.8 Å². The molecule has 0 saturated carbocycles. The van der Waals surface area contributed by atoms with Gasteiger partial charge in [-0.15, -0.1) is 0 Å². The van der Waals surface area contributed by atoms with E-state index in [-0.39, 0.29) is 11.8 Å². The summed E-state index contributed by atoms with van der Waals surface area (Å²) in [5, 5.41) is 2.04. The lowest BCUT2D eigenvalue weighted by molar-refractivity contribution is 0.0621. The molecule has 1 aliphatic rings. The van der Waals surface area contributed by atoms with Crippen LogP contribution in [0.3, 0.4) is 0 Å². The number of halogens is 1. The third kappa shape index (κ3) is 1.73. The van der Waals surface area contributed by atoms with Gasteiger partial charge in [-0.2, -0.15) is 0 Å². The van der Waals surface area contributed by atoms with Crippen molar-refractivity contribution < 1.29 is 14.3 Å². The fourth-order valence-electron chi connectivity index (χ4n) is 2.59. The molecule has 2 amide bonds. The fourth-order valence-corrected chi connectivity index (χ4v) is 2.94. The number of hydrogen-bond donors (Lipinski definition) is 0. The van der Waals surface area contributed by atoms with Crippen molar-refractivity contribution in [3.8, 4) is 5.75 Å². The Balaban J connectivity index is 2.33. The Morgan fingerprint density at radius 2 is 1.80 bits per heavy atom. The molecule has 0 atom stereocenters. The quantitative estimate of drug-likeness (QED) is 0.641. The van der Waals surface area contributed by atoms with Crippen molar-refractivity contribution in [1.29, 1.82) is 0 Å². The average Bonchev–Trinajstić information content (AvgIpc) is 2.48. The van der Waals surface area contributed by atoms with Crippen molar-refractivity contribution in [1.82, 2.24) is 4.90 Å². The minimum Gasteiger partial charge on any atom is -0.496 e. The van der Waals surface area contributed by atoms with E-state index in [4.69, 9.17) is 4.74 Å². The van der Waals surface area contributed by atoms with Gasteiger partial charge in [-0.1, -0.05) is 28.1 Å². The summed E-state index contributed by atoms with van der Waals surface area (Å²) in [6, 6.07) is 8.91. The highest BCUT2D eigenvalue weighted by atomic mass is 79.9. The zero-order valence-corrected chi connectivity index (χ0v) is 12.4. The monoisotopic (exact) mass is 333 g/mol. The van der Waals surface area contributed by atoms with E-state index in [0.29, 0.717) is 34.1 Å². The lowest BCUT2D eigenvalue weighted by atomic mass is 9.93. The molecule has 0 fully saturated rings. The molecule has 1 heterocycles. The van der Waals surface area contributed by atoms with Crippen LogP contribution in [0.2, 0.25) is 0 Å². The molecule has 0 radical (unpaired) electrons. The van der Waals surface area contributed by atoms with Crippen molar-refractivity contribution in [3.63, 3.8) is 0 Å². The normalized spacial score (nSPS) is 14.0. The summed E-state index contributed by atoms with van der Waals surface area (Å²) in [4.78, 5) is 26.2. The maximum atomic E-state index is 12.4. The molecule has 0 unspecified atom stereocenters. The predicted octanol–water partition coefficient (Wildman–Crippen LogP) is 2.84. The Bertz CT molecular complexity index is 704. The molecule has 0 N–H and O–H groups in total. The predicted molar refractivity (Wildman–Crippen MR) is 79.7 cm³/mol. The first-order chi connectivity index (χ1) is 9.69. The highest BCUT2D eigenvalue weighted by Gasteiger charge is 2.32. The van der Waals surface area contributed by atoms with Crippen LogP contribution in [-0.4, -0.2) is 35.7 Å². The molecule has 5 heteroatoms. The number of carbonyl (C=O) groups is 2. The summed E-state index contributed by atoms with van der Waals surface area (Å²) in [5.74, 6) is 0.168. The van der Waals surface area contributed by atoms with Gasteiger partial charge >= 0.3 is 0 Å². The number of hydrogen-bond acceptors (Lipinski definition) is 3. The fraction of sp³-hybridized carbons (Fsp3) is 0.200. The Morgan fingerprint density at radius 3 is 2.45 bits per heavy atom. The molecular formula is C15H12BrNO3. The maximum absolute atomic E-state index is 12.4. The minimum atomic E-state index is -0.249. The van der Waals surface area contributed by atoms with E-state index in [2.05, 4.69) is 15.9 Å². The molecule has 0 aliphatic carbocycles. The second kappa shape index (κ2) is 4.90. The summed E-state index contributed by atoms with van der Waals surface area (Å²) in [7, 11) is 1.58. The Kier molecular flexibility index (Phi) is 3.22. The van der Waals surface area contributed by atoms with Crippen LogP contribution in [0.5, 0.6) is 5.75 Å². The van der Waals surface area contributed by atoms with Crippen LogP contribution in [0.25, 0.3) is 10.8 Å². The van der Waals surface area contributed by atoms with E-state index < -0.39 is 0 Å². The summed E-state index contributed by atoms with van der Waals surface area (Å²) >= 11 is 3.27. The van der Waals surface area contributed by atoms with Crippen LogP contribution in [0, 0.1) is 0 Å². The maximum Gasteiger partial charge on any atom is 0.261 e. The molecule has 0 aromatic heterocycles. The van der Waals surface area contributed by atoms with E-state index in [1.165, 1.54) is 4.90 Å². The number of amides is 2. The number of rotatable bonds is 3. The zero-order chi connectivity index (χ0) is 14.3. The molecule has 0 bridgehead atoms. The van der Waals surface area contributed by atoms with Gasteiger partial charge in [0.2, 0.25) is 0 Å². The zero-order valence-electron chi connectivity index (χ0n) is 10.9. The van der Waals surface area contributed by atoms with Gasteiger partial charge in [-0.3, -0.25) is 14.5 Å². The second-order valence-electron chi connectivity index (χ2n) is 4.49. The van der Waals surface area contributed by atoms with Crippen molar-refractivity contribution in [3.05, 3.63) is 41.5 Å². The van der Waals surface area contributed by atoms with Gasteiger partial charge in [0.1, 0.15) is 5.75 Å². The number of benzene rings is 2. The van der Waals surface area contributed by atoms with Gasteiger partial charge < -0.3 is 4.74 Å². The minimum absolute atomic E-state index is 0.249.